The Morgan fingerprint density at radius 1 is 1.31 bits per heavy atom. The molecular weight excluding hydrogens is 426 g/mol. The lowest BCUT2D eigenvalue weighted by atomic mass is 9.98. The van der Waals surface area contributed by atoms with Crippen LogP contribution < -0.4 is 10.1 Å². The second-order valence-corrected chi connectivity index (χ2v) is 8.89. The van der Waals surface area contributed by atoms with Crippen molar-refractivity contribution in [2.24, 2.45) is 0 Å². The van der Waals surface area contributed by atoms with Crippen LogP contribution in [-0.2, 0) is 4.74 Å². The molecule has 0 saturated carbocycles. The van der Waals surface area contributed by atoms with E-state index < -0.39 is 0 Å². The van der Waals surface area contributed by atoms with E-state index in [1.165, 1.54) is 11.3 Å². The first-order valence-electron chi connectivity index (χ1n) is 10.7. The van der Waals surface area contributed by atoms with Gasteiger partial charge < -0.3 is 19.7 Å². The number of para-hydroxylation sites is 1. The normalized spacial score (nSPS) is 15.0. The molecule has 2 amide bonds. The molecule has 1 N–H and O–H groups in total. The summed E-state index contributed by atoms with van der Waals surface area (Å²) >= 11 is 1.48. The van der Waals surface area contributed by atoms with Crippen LogP contribution in [0.2, 0.25) is 0 Å². The van der Waals surface area contributed by atoms with Crippen molar-refractivity contribution in [3.63, 3.8) is 0 Å². The SMILES string of the molecule is C#CCOC(=O)N1CCC(c2nc(C(=O)NC(C)COc3c(C)cccc3C)cs2)CC1. The smallest absolute Gasteiger partial charge is 0.410 e. The summed E-state index contributed by atoms with van der Waals surface area (Å²) in [6, 6.07) is 5.85. The summed E-state index contributed by atoms with van der Waals surface area (Å²) in [5, 5.41) is 5.67. The van der Waals surface area contributed by atoms with Crippen LogP contribution in [0.25, 0.3) is 0 Å². The molecule has 7 nitrogen and oxygen atoms in total. The second-order valence-electron chi connectivity index (χ2n) is 8.00. The number of rotatable bonds is 7. The summed E-state index contributed by atoms with van der Waals surface area (Å²) in [6.07, 6.45) is 6.30. The fourth-order valence-corrected chi connectivity index (χ4v) is 4.63. The molecule has 0 radical (unpaired) electrons. The Bertz CT molecular complexity index is 969. The van der Waals surface area contributed by atoms with Crippen LogP contribution in [-0.4, -0.2) is 54.2 Å². The first-order valence-corrected chi connectivity index (χ1v) is 11.6. The number of terminal acetylenes is 1. The Hall–Kier alpha value is -3.05. The molecule has 1 aliphatic heterocycles. The molecule has 1 aliphatic rings. The zero-order valence-corrected chi connectivity index (χ0v) is 19.5. The quantitative estimate of drug-likeness (QED) is 0.641. The van der Waals surface area contributed by atoms with E-state index in [1.807, 2.05) is 39.0 Å². The number of benzene rings is 1. The third-order valence-electron chi connectivity index (χ3n) is 5.40. The molecule has 8 heteroatoms. The highest BCUT2D eigenvalue weighted by atomic mass is 32.1. The predicted molar refractivity (Wildman–Crippen MR) is 124 cm³/mol. The van der Waals surface area contributed by atoms with Crippen molar-refractivity contribution < 1.29 is 19.1 Å². The number of likely N-dealkylation sites (tertiary alicyclic amines) is 1. The minimum Gasteiger partial charge on any atom is -0.491 e. The van der Waals surface area contributed by atoms with Gasteiger partial charge in [0, 0.05) is 24.4 Å². The summed E-state index contributed by atoms with van der Waals surface area (Å²) in [7, 11) is 0. The average Bonchev–Trinajstić information content (AvgIpc) is 3.28. The van der Waals surface area contributed by atoms with E-state index in [4.69, 9.17) is 15.9 Å². The zero-order chi connectivity index (χ0) is 23.1. The maximum Gasteiger partial charge on any atom is 0.410 e. The number of piperidine rings is 1. The Labute approximate surface area is 193 Å². The summed E-state index contributed by atoms with van der Waals surface area (Å²) < 4.78 is 10.9. The van der Waals surface area contributed by atoms with Gasteiger partial charge in [-0.25, -0.2) is 9.78 Å². The van der Waals surface area contributed by atoms with E-state index in [0.717, 1.165) is 34.7 Å². The Kier molecular flexibility index (Phi) is 8.12. The molecule has 0 spiro atoms. The predicted octanol–water partition coefficient (Wildman–Crippen LogP) is 3.91. The maximum atomic E-state index is 12.6. The van der Waals surface area contributed by atoms with Crippen LogP contribution in [0.15, 0.2) is 23.6 Å². The topological polar surface area (TPSA) is 80.8 Å². The van der Waals surface area contributed by atoms with Crippen LogP contribution >= 0.6 is 11.3 Å². The standard InChI is InChI=1S/C24H29N3O4S/c1-5-13-30-24(29)27-11-9-19(10-12-27)23-26-20(15-32-23)22(28)25-18(4)14-31-21-16(2)7-6-8-17(21)3/h1,6-8,15,18-19H,9-14H2,2-4H3,(H,25,28). The van der Waals surface area contributed by atoms with Crippen molar-refractivity contribution in [1.29, 1.82) is 0 Å². The molecule has 1 aromatic heterocycles. The summed E-state index contributed by atoms with van der Waals surface area (Å²) in [4.78, 5) is 30.8. The average molecular weight is 456 g/mol. The van der Waals surface area contributed by atoms with Crippen LogP contribution in [0.1, 0.15) is 52.3 Å². The maximum absolute atomic E-state index is 12.6. The molecule has 0 aliphatic carbocycles. The molecule has 3 rings (SSSR count). The fourth-order valence-electron chi connectivity index (χ4n) is 3.66. The number of hydrogen-bond donors (Lipinski definition) is 1. The highest BCUT2D eigenvalue weighted by Crippen LogP contribution is 2.30. The lowest BCUT2D eigenvalue weighted by molar-refractivity contribution is 0.0922. The number of hydrogen-bond acceptors (Lipinski definition) is 6. The molecule has 0 bridgehead atoms. The minimum atomic E-state index is -0.377. The highest BCUT2D eigenvalue weighted by molar-refractivity contribution is 7.09. The van der Waals surface area contributed by atoms with Crippen molar-refractivity contribution >= 4 is 23.3 Å². The number of aryl methyl sites for hydroxylation is 2. The van der Waals surface area contributed by atoms with Crippen molar-refractivity contribution in [1.82, 2.24) is 15.2 Å². The van der Waals surface area contributed by atoms with Crippen LogP contribution in [0.4, 0.5) is 4.79 Å². The van der Waals surface area contributed by atoms with Gasteiger partial charge >= 0.3 is 6.09 Å². The van der Waals surface area contributed by atoms with Gasteiger partial charge in [-0.15, -0.1) is 17.8 Å². The van der Waals surface area contributed by atoms with E-state index in [9.17, 15) is 9.59 Å². The largest absolute Gasteiger partial charge is 0.491 e. The van der Waals surface area contributed by atoms with Crippen LogP contribution in [0.5, 0.6) is 5.75 Å². The number of ether oxygens (including phenoxy) is 2. The molecule has 32 heavy (non-hydrogen) atoms. The van der Waals surface area contributed by atoms with E-state index in [1.54, 1.807) is 10.3 Å². The summed E-state index contributed by atoms with van der Waals surface area (Å²) in [5.41, 5.74) is 2.56. The molecule has 1 fully saturated rings. The molecule has 2 heterocycles. The van der Waals surface area contributed by atoms with Crippen molar-refractivity contribution in [3.8, 4) is 18.1 Å². The van der Waals surface area contributed by atoms with E-state index in [0.29, 0.717) is 25.4 Å². The third-order valence-corrected chi connectivity index (χ3v) is 6.41. The monoisotopic (exact) mass is 455 g/mol. The molecule has 1 saturated heterocycles. The van der Waals surface area contributed by atoms with Gasteiger partial charge in [-0.05, 0) is 44.7 Å². The van der Waals surface area contributed by atoms with Crippen molar-refractivity contribution in [2.45, 2.75) is 45.6 Å². The minimum absolute atomic E-state index is 0.0161. The van der Waals surface area contributed by atoms with E-state index in [-0.39, 0.29) is 30.6 Å². The van der Waals surface area contributed by atoms with Crippen molar-refractivity contribution in [3.05, 3.63) is 45.4 Å². The number of amides is 2. The summed E-state index contributed by atoms with van der Waals surface area (Å²) in [5.74, 6) is 3.17. The molecule has 1 unspecified atom stereocenters. The van der Waals surface area contributed by atoms with E-state index in [2.05, 4.69) is 16.2 Å². The van der Waals surface area contributed by atoms with Gasteiger partial charge in [-0.2, -0.15) is 0 Å². The number of thiazole rings is 1. The van der Waals surface area contributed by atoms with Crippen LogP contribution in [0.3, 0.4) is 0 Å². The fraction of sp³-hybridized carbons (Fsp3) is 0.458. The van der Waals surface area contributed by atoms with Gasteiger partial charge in [0.15, 0.2) is 6.61 Å². The van der Waals surface area contributed by atoms with Gasteiger partial charge in [0.2, 0.25) is 0 Å². The van der Waals surface area contributed by atoms with Gasteiger partial charge in [0.25, 0.3) is 5.91 Å². The first kappa shape index (κ1) is 23.6. The molecule has 1 atom stereocenters. The lowest BCUT2D eigenvalue weighted by Crippen LogP contribution is -2.38. The molecule has 2 aromatic rings. The summed E-state index contributed by atoms with van der Waals surface area (Å²) in [6.45, 7) is 7.46. The first-order chi connectivity index (χ1) is 15.4. The van der Waals surface area contributed by atoms with Gasteiger partial charge in [0.1, 0.15) is 18.1 Å². The number of carbonyl (C=O) groups excluding carboxylic acids is 2. The number of nitrogens with zero attached hydrogens (tertiary/aromatic N) is 2. The second kappa shape index (κ2) is 11.0. The highest BCUT2D eigenvalue weighted by Gasteiger charge is 2.27. The third kappa shape index (κ3) is 6.01. The van der Waals surface area contributed by atoms with Gasteiger partial charge in [-0.1, -0.05) is 24.1 Å². The van der Waals surface area contributed by atoms with Gasteiger partial charge in [0.05, 0.1) is 11.0 Å². The lowest BCUT2D eigenvalue weighted by Gasteiger charge is -2.30. The Morgan fingerprint density at radius 3 is 2.66 bits per heavy atom. The number of nitrogens with one attached hydrogen (secondary N) is 1. The van der Waals surface area contributed by atoms with Crippen molar-refractivity contribution in [2.75, 3.05) is 26.3 Å². The number of aromatic nitrogens is 1. The Morgan fingerprint density at radius 2 is 2.00 bits per heavy atom. The van der Waals surface area contributed by atoms with Crippen LogP contribution in [0, 0.1) is 26.2 Å². The number of carbonyl (C=O) groups is 2. The molecule has 1 aromatic carbocycles. The molecule has 170 valence electrons. The molecular formula is C24H29N3O4S. The zero-order valence-electron chi connectivity index (χ0n) is 18.7. The van der Waals surface area contributed by atoms with E-state index >= 15 is 0 Å². The van der Waals surface area contributed by atoms with Gasteiger partial charge in [-0.3, -0.25) is 4.79 Å². The Balaban J connectivity index is 1.48.